The quantitative estimate of drug-likeness (QED) is 0.808. The molecule has 0 aliphatic rings. The van der Waals surface area contributed by atoms with E-state index in [1.807, 2.05) is 0 Å². The smallest absolute Gasteiger partial charge is 0.336 e. The second-order valence-electron chi connectivity index (χ2n) is 6.24. The van der Waals surface area contributed by atoms with Crippen molar-refractivity contribution in [3.8, 4) is 11.1 Å². The summed E-state index contributed by atoms with van der Waals surface area (Å²) in [6.45, 7) is 5.24. The van der Waals surface area contributed by atoms with E-state index in [2.05, 4.69) is 9.71 Å². The topological polar surface area (TPSA) is 96.4 Å². The van der Waals surface area contributed by atoms with Crippen LogP contribution in [0.2, 0.25) is 5.15 Å². The lowest BCUT2D eigenvalue weighted by Gasteiger charge is -2.20. The summed E-state index contributed by atoms with van der Waals surface area (Å²) in [6.07, 6.45) is 1.35. The van der Waals surface area contributed by atoms with Gasteiger partial charge in [-0.2, -0.15) is 0 Å². The highest BCUT2D eigenvalue weighted by Gasteiger charge is 2.22. The summed E-state index contributed by atoms with van der Waals surface area (Å²) in [4.78, 5) is 15.3. The number of nitrogens with zero attached hydrogens (tertiary/aromatic N) is 1. The van der Waals surface area contributed by atoms with Crippen molar-refractivity contribution < 1.29 is 18.3 Å². The maximum atomic E-state index is 12.3. The second kappa shape index (κ2) is 6.51. The highest BCUT2D eigenvalue weighted by atomic mass is 35.5. The van der Waals surface area contributed by atoms with Crippen molar-refractivity contribution >= 4 is 27.6 Å². The van der Waals surface area contributed by atoms with Gasteiger partial charge in [0.25, 0.3) is 0 Å². The van der Waals surface area contributed by atoms with E-state index in [1.165, 1.54) is 36.5 Å². The number of sulfonamides is 1. The van der Waals surface area contributed by atoms with Crippen molar-refractivity contribution in [2.45, 2.75) is 31.2 Å². The van der Waals surface area contributed by atoms with Crippen LogP contribution in [-0.2, 0) is 10.0 Å². The minimum absolute atomic E-state index is 0.00146. The van der Waals surface area contributed by atoms with Gasteiger partial charge < -0.3 is 5.11 Å². The molecule has 6 nitrogen and oxygen atoms in total. The van der Waals surface area contributed by atoms with Gasteiger partial charge >= 0.3 is 5.97 Å². The molecule has 1 heterocycles. The minimum Gasteiger partial charge on any atom is -0.478 e. The van der Waals surface area contributed by atoms with Gasteiger partial charge in [0.1, 0.15) is 5.15 Å². The number of carbonyl (C=O) groups is 1. The molecule has 0 atom stereocenters. The first-order valence-electron chi connectivity index (χ1n) is 7.03. The number of halogens is 1. The molecule has 0 saturated carbocycles. The molecule has 2 N–H and O–H groups in total. The van der Waals surface area contributed by atoms with Crippen molar-refractivity contribution in [3.63, 3.8) is 0 Å². The van der Waals surface area contributed by atoms with Crippen LogP contribution in [0.25, 0.3) is 11.1 Å². The summed E-state index contributed by atoms with van der Waals surface area (Å²) in [5.74, 6) is -1.14. The van der Waals surface area contributed by atoms with Crippen molar-refractivity contribution in [2.75, 3.05) is 0 Å². The number of hydrogen-bond donors (Lipinski definition) is 2. The molecule has 0 spiro atoms. The third kappa shape index (κ3) is 4.31. The summed E-state index contributed by atoms with van der Waals surface area (Å²) < 4.78 is 27.1. The molecule has 0 aliphatic heterocycles. The number of aromatic carboxylic acids is 1. The second-order valence-corrected chi connectivity index (χ2v) is 8.31. The van der Waals surface area contributed by atoms with Gasteiger partial charge in [-0.25, -0.2) is 22.9 Å². The molecule has 0 bridgehead atoms. The molecule has 8 heteroatoms. The Morgan fingerprint density at radius 1 is 1.21 bits per heavy atom. The summed E-state index contributed by atoms with van der Waals surface area (Å²) in [6, 6.07) is 7.17. The van der Waals surface area contributed by atoms with Gasteiger partial charge in [0.05, 0.1) is 10.5 Å². The standard InChI is InChI=1S/C16H17ClN2O4S/c1-16(2,3)19-24(22,23)11-6-4-10(5-7-11)13-9-18-14(17)8-12(13)15(20)21/h4-9,19H,1-3H3,(H,20,21). The van der Waals surface area contributed by atoms with Crippen LogP contribution in [0.1, 0.15) is 31.1 Å². The van der Waals surface area contributed by atoms with Gasteiger partial charge in [0, 0.05) is 17.3 Å². The van der Waals surface area contributed by atoms with Crippen LogP contribution in [0.3, 0.4) is 0 Å². The first-order valence-corrected chi connectivity index (χ1v) is 8.89. The Hall–Kier alpha value is -1.96. The third-order valence-electron chi connectivity index (χ3n) is 3.02. The molecule has 2 rings (SSSR count). The Labute approximate surface area is 145 Å². The Bertz CT molecular complexity index is 872. The molecule has 24 heavy (non-hydrogen) atoms. The normalized spacial score (nSPS) is 12.2. The van der Waals surface area contributed by atoms with Crippen molar-refractivity contribution in [3.05, 3.63) is 47.2 Å². The van der Waals surface area contributed by atoms with Gasteiger partial charge in [0.2, 0.25) is 10.0 Å². The van der Waals surface area contributed by atoms with E-state index in [-0.39, 0.29) is 15.6 Å². The van der Waals surface area contributed by atoms with Crippen LogP contribution in [0, 0.1) is 0 Å². The molecule has 2 aromatic rings. The van der Waals surface area contributed by atoms with E-state index >= 15 is 0 Å². The van der Waals surface area contributed by atoms with E-state index in [9.17, 15) is 18.3 Å². The van der Waals surface area contributed by atoms with Crippen molar-refractivity contribution in [1.82, 2.24) is 9.71 Å². The fraction of sp³-hybridized carbons (Fsp3) is 0.250. The summed E-state index contributed by atoms with van der Waals surface area (Å²) >= 11 is 5.73. The monoisotopic (exact) mass is 368 g/mol. The van der Waals surface area contributed by atoms with Gasteiger partial charge in [-0.15, -0.1) is 0 Å². The van der Waals surface area contributed by atoms with Gasteiger partial charge in [-0.05, 0) is 44.5 Å². The fourth-order valence-corrected chi connectivity index (χ4v) is 3.69. The highest BCUT2D eigenvalue weighted by molar-refractivity contribution is 7.89. The Kier molecular flexibility index (Phi) is 4.98. The Balaban J connectivity index is 2.43. The molecule has 0 saturated heterocycles. The first-order chi connectivity index (χ1) is 11.0. The average Bonchev–Trinajstić information content (AvgIpc) is 2.45. The van der Waals surface area contributed by atoms with Crippen LogP contribution in [0.5, 0.6) is 0 Å². The molecule has 0 aliphatic carbocycles. The zero-order valence-corrected chi connectivity index (χ0v) is 14.9. The summed E-state index contributed by atoms with van der Waals surface area (Å²) in [7, 11) is -3.65. The number of hydrogen-bond acceptors (Lipinski definition) is 4. The van der Waals surface area contributed by atoms with Crippen LogP contribution >= 0.6 is 11.6 Å². The maximum Gasteiger partial charge on any atom is 0.336 e. The molecule has 0 amide bonds. The van der Waals surface area contributed by atoms with Crippen LogP contribution in [-0.4, -0.2) is 30.0 Å². The number of aromatic nitrogens is 1. The molecular weight excluding hydrogens is 352 g/mol. The minimum atomic E-state index is -3.65. The third-order valence-corrected chi connectivity index (χ3v) is 5.00. The van der Waals surface area contributed by atoms with Crippen LogP contribution in [0.4, 0.5) is 0 Å². The first kappa shape index (κ1) is 18.4. The largest absolute Gasteiger partial charge is 0.478 e. The molecule has 0 radical (unpaired) electrons. The molecule has 0 fully saturated rings. The van der Waals surface area contributed by atoms with Gasteiger partial charge in [0.15, 0.2) is 0 Å². The van der Waals surface area contributed by atoms with E-state index in [1.54, 1.807) is 20.8 Å². The summed E-state index contributed by atoms with van der Waals surface area (Å²) in [5, 5.41) is 9.34. The van der Waals surface area contributed by atoms with Crippen LogP contribution in [0.15, 0.2) is 41.4 Å². The number of benzene rings is 1. The number of nitrogens with one attached hydrogen (secondary N) is 1. The number of carboxylic acid groups (broad SMARTS) is 1. The Morgan fingerprint density at radius 3 is 2.29 bits per heavy atom. The highest BCUT2D eigenvalue weighted by Crippen LogP contribution is 2.26. The molecular formula is C16H17ClN2O4S. The lowest BCUT2D eigenvalue weighted by molar-refractivity contribution is 0.0697. The lowest BCUT2D eigenvalue weighted by Crippen LogP contribution is -2.40. The van der Waals surface area contributed by atoms with Gasteiger partial charge in [-0.1, -0.05) is 23.7 Å². The zero-order valence-electron chi connectivity index (χ0n) is 13.4. The molecule has 1 aromatic heterocycles. The average molecular weight is 369 g/mol. The van der Waals surface area contributed by atoms with Crippen LogP contribution < -0.4 is 4.72 Å². The van der Waals surface area contributed by atoms with Gasteiger partial charge in [-0.3, -0.25) is 0 Å². The fourth-order valence-electron chi connectivity index (χ4n) is 2.11. The SMILES string of the molecule is CC(C)(C)NS(=O)(=O)c1ccc(-c2cnc(Cl)cc2C(=O)O)cc1. The lowest BCUT2D eigenvalue weighted by atomic mass is 10.0. The molecule has 0 unspecified atom stereocenters. The number of pyridine rings is 1. The predicted octanol–water partition coefficient (Wildman–Crippen LogP) is 3.18. The summed E-state index contributed by atoms with van der Waals surface area (Å²) in [5.41, 5.74) is 0.290. The van der Waals surface area contributed by atoms with E-state index in [0.717, 1.165) is 0 Å². The Morgan fingerprint density at radius 2 is 1.79 bits per heavy atom. The number of carboxylic acids is 1. The number of rotatable bonds is 4. The maximum absolute atomic E-state index is 12.3. The van der Waals surface area contributed by atoms with Crippen molar-refractivity contribution in [2.24, 2.45) is 0 Å². The van der Waals surface area contributed by atoms with E-state index in [4.69, 9.17) is 11.6 Å². The van der Waals surface area contributed by atoms with Crippen molar-refractivity contribution in [1.29, 1.82) is 0 Å². The molecule has 1 aromatic carbocycles. The molecule has 128 valence electrons. The van der Waals surface area contributed by atoms with E-state index < -0.39 is 21.5 Å². The van der Waals surface area contributed by atoms with E-state index in [0.29, 0.717) is 11.1 Å². The zero-order chi connectivity index (χ0) is 18.1. The predicted molar refractivity (Wildman–Crippen MR) is 91.7 cm³/mol.